The Bertz CT molecular complexity index is 518. The number of nitriles is 1. The second-order valence-electron chi connectivity index (χ2n) is 5.00. The number of nitrogens with zero attached hydrogens (tertiary/aromatic N) is 2. The number of nitrogen functional groups attached to an aromatic ring is 1. The van der Waals surface area contributed by atoms with E-state index in [0.717, 1.165) is 25.9 Å². The maximum Gasteiger partial charge on any atom is 0.263 e. The molecule has 116 valence electrons. The number of thiophene rings is 1. The summed E-state index contributed by atoms with van der Waals surface area (Å²) in [7, 11) is 4.03. The van der Waals surface area contributed by atoms with Crippen LogP contribution in [0.1, 0.15) is 35.0 Å². The van der Waals surface area contributed by atoms with Gasteiger partial charge in [0, 0.05) is 13.1 Å². The summed E-state index contributed by atoms with van der Waals surface area (Å²) in [5.74, 6) is -0.211. The maximum atomic E-state index is 12.0. The molecule has 0 aliphatic carbocycles. The van der Waals surface area contributed by atoms with Crippen LogP contribution >= 0.6 is 11.3 Å². The lowest BCUT2D eigenvalue weighted by Gasteiger charge is -2.09. The predicted octanol–water partition coefficient (Wildman–Crippen LogP) is 1.71. The van der Waals surface area contributed by atoms with Crippen molar-refractivity contribution in [1.82, 2.24) is 10.2 Å². The van der Waals surface area contributed by atoms with Gasteiger partial charge in [0.2, 0.25) is 0 Å². The number of hydrogen-bond acceptors (Lipinski definition) is 6. The first-order chi connectivity index (χ1) is 10.0. The van der Waals surface area contributed by atoms with Gasteiger partial charge in [-0.25, -0.2) is 0 Å². The molecular formula is C14H23N5OS. The molecule has 0 aliphatic rings. The van der Waals surface area contributed by atoms with Crippen molar-refractivity contribution in [3.8, 4) is 6.07 Å². The standard InChI is InChI=1S/C14H23N5OS/c1-4-6-17-13(20)12-11(16)10(9-15)14(21-12)18-7-5-8-19(2)3/h18H,4-8,16H2,1-3H3,(H,17,20). The summed E-state index contributed by atoms with van der Waals surface area (Å²) in [6.07, 6.45) is 1.81. The van der Waals surface area contributed by atoms with Crippen LogP contribution < -0.4 is 16.4 Å². The molecule has 0 radical (unpaired) electrons. The molecule has 0 fully saturated rings. The van der Waals surface area contributed by atoms with E-state index >= 15 is 0 Å². The second kappa shape index (κ2) is 8.49. The van der Waals surface area contributed by atoms with E-state index < -0.39 is 0 Å². The van der Waals surface area contributed by atoms with Gasteiger partial charge in [0.1, 0.15) is 21.5 Å². The third-order valence-corrected chi connectivity index (χ3v) is 4.03. The van der Waals surface area contributed by atoms with Crippen LogP contribution in [-0.2, 0) is 0 Å². The highest BCUT2D eigenvalue weighted by Gasteiger charge is 2.20. The van der Waals surface area contributed by atoms with Crippen LogP contribution in [0, 0.1) is 11.3 Å². The van der Waals surface area contributed by atoms with Gasteiger partial charge in [-0.05, 0) is 33.5 Å². The molecule has 0 atom stereocenters. The first-order valence-electron chi connectivity index (χ1n) is 7.00. The van der Waals surface area contributed by atoms with Crippen molar-refractivity contribution in [1.29, 1.82) is 5.26 Å². The average Bonchev–Trinajstić information content (AvgIpc) is 2.77. The topological polar surface area (TPSA) is 94.2 Å². The average molecular weight is 309 g/mol. The molecule has 0 saturated carbocycles. The van der Waals surface area contributed by atoms with Crippen LogP contribution in [0.15, 0.2) is 0 Å². The van der Waals surface area contributed by atoms with Crippen LogP contribution in [0.3, 0.4) is 0 Å². The summed E-state index contributed by atoms with van der Waals surface area (Å²) >= 11 is 1.24. The number of hydrogen-bond donors (Lipinski definition) is 3. The molecule has 4 N–H and O–H groups in total. The highest BCUT2D eigenvalue weighted by Crippen LogP contribution is 2.35. The molecule has 1 heterocycles. The zero-order valence-corrected chi connectivity index (χ0v) is 13.6. The summed E-state index contributed by atoms with van der Waals surface area (Å²) in [5.41, 5.74) is 6.56. The lowest BCUT2D eigenvalue weighted by molar-refractivity contribution is 0.0958. The lowest BCUT2D eigenvalue weighted by atomic mass is 10.2. The molecule has 0 aliphatic heterocycles. The highest BCUT2D eigenvalue weighted by atomic mass is 32.1. The molecule has 7 heteroatoms. The van der Waals surface area contributed by atoms with Crippen LogP contribution in [-0.4, -0.2) is 44.5 Å². The minimum Gasteiger partial charge on any atom is -0.396 e. The summed E-state index contributed by atoms with van der Waals surface area (Å²) < 4.78 is 0. The zero-order chi connectivity index (χ0) is 15.8. The molecule has 0 aromatic carbocycles. The molecule has 1 aromatic rings. The van der Waals surface area contributed by atoms with Crippen LogP contribution in [0.5, 0.6) is 0 Å². The van der Waals surface area contributed by atoms with Gasteiger partial charge in [0.05, 0.1) is 5.69 Å². The Kier molecular flexibility index (Phi) is 6.99. The number of nitrogens with one attached hydrogen (secondary N) is 2. The highest BCUT2D eigenvalue weighted by molar-refractivity contribution is 7.18. The van der Waals surface area contributed by atoms with Crippen molar-refractivity contribution in [2.45, 2.75) is 19.8 Å². The van der Waals surface area contributed by atoms with E-state index in [4.69, 9.17) is 5.73 Å². The summed E-state index contributed by atoms with van der Waals surface area (Å²) in [6, 6.07) is 2.08. The Labute approximate surface area is 129 Å². The Hall–Kier alpha value is -1.78. The molecule has 1 aromatic heterocycles. The van der Waals surface area contributed by atoms with Crippen LogP contribution in [0.2, 0.25) is 0 Å². The summed E-state index contributed by atoms with van der Waals surface area (Å²) in [4.78, 5) is 14.5. The lowest BCUT2D eigenvalue weighted by Crippen LogP contribution is -2.23. The van der Waals surface area contributed by atoms with Gasteiger partial charge < -0.3 is 21.3 Å². The molecule has 0 bridgehead atoms. The SMILES string of the molecule is CCCNC(=O)c1sc(NCCCN(C)C)c(C#N)c1N. The number of carbonyl (C=O) groups excluding carboxylic acids is 1. The Balaban J connectivity index is 2.76. The van der Waals surface area contributed by atoms with Crippen LogP contribution in [0.4, 0.5) is 10.7 Å². The fraction of sp³-hybridized carbons (Fsp3) is 0.571. The van der Waals surface area contributed by atoms with Crippen molar-refractivity contribution in [2.75, 3.05) is 44.8 Å². The van der Waals surface area contributed by atoms with Gasteiger partial charge in [0.15, 0.2) is 0 Å². The normalized spacial score (nSPS) is 10.4. The van der Waals surface area contributed by atoms with E-state index in [1.54, 1.807) is 0 Å². The molecule has 0 unspecified atom stereocenters. The van der Waals surface area contributed by atoms with Crippen molar-refractivity contribution < 1.29 is 4.79 Å². The van der Waals surface area contributed by atoms with Gasteiger partial charge >= 0.3 is 0 Å². The van der Waals surface area contributed by atoms with Crippen molar-refractivity contribution in [2.24, 2.45) is 0 Å². The van der Waals surface area contributed by atoms with Gasteiger partial charge in [-0.2, -0.15) is 5.26 Å². The smallest absolute Gasteiger partial charge is 0.263 e. The molecule has 6 nitrogen and oxygen atoms in total. The van der Waals surface area contributed by atoms with Crippen LogP contribution in [0.25, 0.3) is 0 Å². The maximum absolute atomic E-state index is 12.0. The van der Waals surface area contributed by atoms with Gasteiger partial charge in [-0.1, -0.05) is 6.92 Å². The minimum absolute atomic E-state index is 0.211. The van der Waals surface area contributed by atoms with Crippen molar-refractivity contribution in [3.63, 3.8) is 0 Å². The quantitative estimate of drug-likeness (QED) is 0.635. The fourth-order valence-electron chi connectivity index (χ4n) is 1.76. The Morgan fingerprint density at radius 3 is 2.71 bits per heavy atom. The first kappa shape index (κ1) is 17.3. The third kappa shape index (κ3) is 4.92. The second-order valence-corrected chi connectivity index (χ2v) is 6.02. The number of anilines is 2. The largest absolute Gasteiger partial charge is 0.396 e. The van der Waals surface area contributed by atoms with Gasteiger partial charge in [-0.3, -0.25) is 4.79 Å². The summed E-state index contributed by atoms with van der Waals surface area (Å²) in [5, 5.41) is 15.9. The van der Waals surface area contributed by atoms with E-state index in [2.05, 4.69) is 21.6 Å². The molecule has 1 amide bonds. The number of nitrogens with two attached hydrogens (primary N) is 1. The number of rotatable bonds is 8. The first-order valence-corrected chi connectivity index (χ1v) is 7.82. The van der Waals surface area contributed by atoms with E-state index in [0.29, 0.717) is 22.0 Å². The van der Waals surface area contributed by atoms with Gasteiger partial charge in [0.25, 0.3) is 5.91 Å². The Morgan fingerprint density at radius 1 is 1.43 bits per heavy atom. The molecule has 21 heavy (non-hydrogen) atoms. The number of amides is 1. The van der Waals surface area contributed by atoms with Crippen molar-refractivity contribution in [3.05, 3.63) is 10.4 Å². The molecule has 0 saturated heterocycles. The fourth-order valence-corrected chi connectivity index (χ4v) is 2.78. The monoisotopic (exact) mass is 309 g/mol. The van der Waals surface area contributed by atoms with E-state index in [1.165, 1.54) is 11.3 Å². The van der Waals surface area contributed by atoms with Gasteiger partial charge in [-0.15, -0.1) is 11.3 Å². The summed E-state index contributed by atoms with van der Waals surface area (Å²) in [6.45, 7) is 4.28. The van der Waals surface area contributed by atoms with E-state index in [9.17, 15) is 10.1 Å². The zero-order valence-electron chi connectivity index (χ0n) is 12.8. The predicted molar refractivity (Wildman–Crippen MR) is 87.7 cm³/mol. The molecule has 1 rings (SSSR count). The van der Waals surface area contributed by atoms with E-state index in [1.807, 2.05) is 21.0 Å². The van der Waals surface area contributed by atoms with E-state index in [-0.39, 0.29) is 11.6 Å². The minimum atomic E-state index is -0.211. The Morgan fingerprint density at radius 2 is 2.14 bits per heavy atom. The molecular weight excluding hydrogens is 286 g/mol. The third-order valence-electron chi connectivity index (χ3n) is 2.87. The molecule has 0 spiro atoms. The number of carbonyl (C=O) groups is 1. The van der Waals surface area contributed by atoms with Crippen molar-refractivity contribution >= 4 is 27.9 Å².